The van der Waals surface area contributed by atoms with Crippen molar-refractivity contribution >= 4 is 33.2 Å². The Morgan fingerprint density at radius 2 is 1.63 bits per heavy atom. The van der Waals surface area contributed by atoms with E-state index in [-0.39, 0.29) is 35.3 Å². The van der Waals surface area contributed by atoms with Gasteiger partial charge in [-0.3, -0.25) is 9.10 Å². The van der Waals surface area contributed by atoms with Crippen LogP contribution in [-0.2, 0) is 14.8 Å². The molecule has 0 aliphatic rings. The van der Waals surface area contributed by atoms with E-state index in [4.69, 9.17) is 25.8 Å². The Balaban J connectivity index is 1.76. The van der Waals surface area contributed by atoms with Gasteiger partial charge in [-0.05, 0) is 60.7 Å². The number of carbonyl (C=O) groups excluding carboxylic acids is 1. The molecule has 0 unspecified atom stereocenters. The Kier molecular flexibility index (Phi) is 8.78. The first-order chi connectivity index (χ1) is 16.7. The molecule has 0 aliphatic carbocycles. The molecule has 0 fully saturated rings. The van der Waals surface area contributed by atoms with Crippen LogP contribution in [0.3, 0.4) is 0 Å². The van der Waals surface area contributed by atoms with Crippen molar-refractivity contribution in [3.8, 4) is 17.2 Å². The summed E-state index contributed by atoms with van der Waals surface area (Å²) in [5.41, 5.74) is 0.252. The van der Waals surface area contributed by atoms with Gasteiger partial charge in [0.05, 0.1) is 31.3 Å². The maximum Gasteiger partial charge on any atom is 0.264 e. The maximum atomic E-state index is 13.5. The van der Waals surface area contributed by atoms with E-state index >= 15 is 0 Å². The van der Waals surface area contributed by atoms with Crippen LogP contribution in [0, 0.1) is 5.82 Å². The van der Waals surface area contributed by atoms with Crippen molar-refractivity contribution in [1.82, 2.24) is 5.32 Å². The number of hydrogen-bond donors (Lipinski definition) is 1. The van der Waals surface area contributed by atoms with Crippen LogP contribution in [0.2, 0.25) is 5.02 Å². The van der Waals surface area contributed by atoms with Crippen LogP contribution < -0.4 is 23.8 Å². The molecule has 0 bridgehead atoms. The number of methoxy groups -OCH3 is 2. The van der Waals surface area contributed by atoms with Gasteiger partial charge in [-0.15, -0.1) is 0 Å². The highest BCUT2D eigenvalue weighted by molar-refractivity contribution is 7.92. The highest BCUT2D eigenvalue weighted by atomic mass is 35.5. The number of halogens is 2. The van der Waals surface area contributed by atoms with E-state index < -0.39 is 22.5 Å². The number of amides is 1. The topological polar surface area (TPSA) is 94.2 Å². The van der Waals surface area contributed by atoms with Crippen LogP contribution >= 0.6 is 11.6 Å². The van der Waals surface area contributed by atoms with Crippen molar-refractivity contribution in [3.05, 3.63) is 77.6 Å². The molecule has 3 aromatic rings. The fraction of sp³-hybridized carbons (Fsp3) is 0.208. The summed E-state index contributed by atoms with van der Waals surface area (Å²) < 4.78 is 56.8. The van der Waals surface area contributed by atoms with Crippen LogP contribution in [-0.4, -0.2) is 48.2 Å². The van der Waals surface area contributed by atoms with E-state index in [1.807, 2.05) is 0 Å². The lowest BCUT2D eigenvalue weighted by Gasteiger charge is -2.24. The highest BCUT2D eigenvalue weighted by Crippen LogP contribution is 2.32. The molecule has 11 heteroatoms. The lowest BCUT2D eigenvalue weighted by molar-refractivity contribution is -0.119. The van der Waals surface area contributed by atoms with Crippen LogP contribution in [0.4, 0.5) is 10.1 Å². The lowest BCUT2D eigenvalue weighted by atomic mass is 10.3. The first-order valence-corrected chi connectivity index (χ1v) is 12.2. The summed E-state index contributed by atoms with van der Waals surface area (Å²) in [4.78, 5) is 12.6. The average Bonchev–Trinajstić information content (AvgIpc) is 2.86. The average molecular weight is 523 g/mol. The zero-order valence-corrected chi connectivity index (χ0v) is 20.6. The van der Waals surface area contributed by atoms with Gasteiger partial charge in [0.2, 0.25) is 5.91 Å². The van der Waals surface area contributed by atoms with Crippen LogP contribution in [0.25, 0.3) is 0 Å². The highest BCUT2D eigenvalue weighted by Gasteiger charge is 2.28. The van der Waals surface area contributed by atoms with Gasteiger partial charge in [0.15, 0.2) is 11.5 Å². The Morgan fingerprint density at radius 3 is 2.26 bits per heavy atom. The number of carbonyl (C=O) groups is 1. The number of benzene rings is 3. The molecule has 0 spiro atoms. The fourth-order valence-corrected chi connectivity index (χ4v) is 4.67. The summed E-state index contributed by atoms with van der Waals surface area (Å²) in [7, 11) is -1.33. The first-order valence-electron chi connectivity index (χ1n) is 10.4. The maximum absolute atomic E-state index is 13.5. The minimum Gasteiger partial charge on any atom is -0.493 e. The van der Waals surface area contributed by atoms with Crippen molar-refractivity contribution < 1.29 is 31.8 Å². The number of rotatable bonds is 11. The molecule has 186 valence electrons. The Hall–Kier alpha value is -3.50. The molecule has 0 saturated carbocycles. The molecule has 35 heavy (non-hydrogen) atoms. The largest absolute Gasteiger partial charge is 0.493 e. The molecular formula is C24H24ClFN2O6S. The number of anilines is 1. The number of sulfonamides is 1. The van der Waals surface area contributed by atoms with Gasteiger partial charge in [-0.25, -0.2) is 12.8 Å². The van der Waals surface area contributed by atoms with E-state index in [0.717, 1.165) is 4.31 Å². The van der Waals surface area contributed by atoms with E-state index in [2.05, 4.69) is 5.32 Å². The zero-order chi connectivity index (χ0) is 25.4. The lowest BCUT2D eigenvalue weighted by Crippen LogP contribution is -2.41. The van der Waals surface area contributed by atoms with Gasteiger partial charge in [-0.2, -0.15) is 0 Å². The van der Waals surface area contributed by atoms with E-state index in [1.54, 1.807) is 0 Å². The fourth-order valence-electron chi connectivity index (χ4n) is 3.10. The normalized spacial score (nSPS) is 11.0. The van der Waals surface area contributed by atoms with Gasteiger partial charge >= 0.3 is 0 Å². The van der Waals surface area contributed by atoms with Gasteiger partial charge in [0, 0.05) is 11.1 Å². The van der Waals surface area contributed by atoms with Crippen LogP contribution in [0.15, 0.2) is 71.6 Å². The quantitative estimate of drug-likeness (QED) is 0.384. The van der Waals surface area contributed by atoms with E-state index in [0.29, 0.717) is 16.5 Å². The minimum absolute atomic E-state index is 0.0856. The molecule has 0 atom stereocenters. The summed E-state index contributed by atoms with van der Waals surface area (Å²) in [5, 5.41) is 3.04. The number of hydrogen-bond acceptors (Lipinski definition) is 6. The first kappa shape index (κ1) is 26.1. The molecule has 1 N–H and O–H groups in total. The van der Waals surface area contributed by atoms with Crippen molar-refractivity contribution in [2.45, 2.75) is 4.90 Å². The van der Waals surface area contributed by atoms with Crippen molar-refractivity contribution in [2.24, 2.45) is 0 Å². The Bertz CT molecular complexity index is 1250. The molecule has 0 saturated heterocycles. The monoisotopic (exact) mass is 522 g/mol. The van der Waals surface area contributed by atoms with Gasteiger partial charge in [0.1, 0.15) is 24.7 Å². The number of ether oxygens (including phenoxy) is 3. The predicted octanol–water partition coefficient (Wildman–Crippen LogP) is 3.89. The summed E-state index contributed by atoms with van der Waals surface area (Å²) >= 11 is 5.96. The number of nitrogens with zero attached hydrogens (tertiary/aromatic N) is 1. The second-order valence-electron chi connectivity index (χ2n) is 7.16. The van der Waals surface area contributed by atoms with E-state index in [9.17, 15) is 17.6 Å². The second-order valence-corrected chi connectivity index (χ2v) is 9.46. The molecule has 0 aliphatic heterocycles. The summed E-state index contributed by atoms with van der Waals surface area (Å²) in [6.07, 6.45) is 0. The molecule has 0 aromatic heterocycles. The molecular weight excluding hydrogens is 499 g/mol. The second kappa shape index (κ2) is 11.8. The Morgan fingerprint density at radius 1 is 0.971 bits per heavy atom. The molecule has 0 heterocycles. The van der Waals surface area contributed by atoms with Crippen molar-refractivity contribution in [2.75, 3.05) is 38.2 Å². The van der Waals surface area contributed by atoms with Gasteiger partial charge < -0.3 is 19.5 Å². The predicted molar refractivity (Wildman–Crippen MR) is 130 cm³/mol. The third-order valence-electron chi connectivity index (χ3n) is 4.85. The SMILES string of the molecule is COc1ccc(S(=O)(=O)N(CC(=O)NCCOc2ccc(F)cc2)c2ccc(Cl)cc2)cc1OC. The summed E-state index contributed by atoms with van der Waals surface area (Å²) in [6.45, 7) is -0.267. The zero-order valence-electron chi connectivity index (χ0n) is 19.0. The molecule has 8 nitrogen and oxygen atoms in total. The Labute approximate surface area is 208 Å². The molecule has 1 amide bonds. The number of nitrogens with one attached hydrogen (secondary N) is 1. The van der Waals surface area contributed by atoms with Crippen LogP contribution in [0.1, 0.15) is 0 Å². The van der Waals surface area contributed by atoms with Gasteiger partial charge in [0.25, 0.3) is 10.0 Å². The van der Waals surface area contributed by atoms with Crippen molar-refractivity contribution in [3.63, 3.8) is 0 Å². The minimum atomic E-state index is -4.17. The molecule has 0 radical (unpaired) electrons. The van der Waals surface area contributed by atoms with Gasteiger partial charge in [-0.1, -0.05) is 11.6 Å². The third-order valence-corrected chi connectivity index (χ3v) is 6.87. The smallest absolute Gasteiger partial charge is 0.264 e. The summed E-state index contributed by atoms with van der Waals surface area (Å²) in [6, 6.07) is 15.7. The van der Waals surface area contributed by atoms with E-state index in [1.165, 1.54) is 80.9 Å². The van der Waals surface area contributed by atoms with Crippen LogP contribution in [0.5, 0.6) is 17.2 Å². The molecule has 3 rings (SSSR count). The molecule has 3 aromatic carbocycles. The van der Waals surface area contributed by atoms with Crippen molar-refractivity contribution in [1.29, 1.82) is 0 Å². The third kappa shape index (κ3) is 6.77. The standard InChI is InChI=1S/C24H24ClFN2O6S/c1-32-22-12-11-21(15-23(22)33-2)35(30,31)28(19-7-3-17(25)4-8-19)16-24(29)27-13-14-34-20-9-5-18(26)6-10-20/h3-12,15H,13-14,16H2,1-2H3,(H,27,29). The summed E-state index contributed by atoms with van der Waals surface area (Å²) in [5.74, 6) is 0.102.